The van der Waals surface area contributed by atoms with Crippen LogP contribution in [0.3, 0.4) is 0 Å². The molecule has 122 valence electrons. The number of nitrogens with zero attached hydrogens (tertiary/aromatic N) is 2. The summed E-state index contributed by atoms with van der Waals surface area (Å²) in [5, 5.41) is 5.90. The van der Waals surface area contributed by atoms with Gasteiger partial charge in [0.05, 0.1) is 22.9 Å². The van der Waals surface area contributed by atoms with Gasteiger partial charge in [0.25, 0.3) is 0 Å². The Hall–Kier alpha value is -1.24. The summed E-state index contributed by atoms with van der Waals surface area (Å²) in [4.78, 5) is 18.5. The van der Waals surface area contributed by atoms with Gasteiger partial charge in [0.1, 0.15) is 0 Å². The molecule has 1 aromatic heterocycles. The van der Waals surface area contributed by atoms with Gasteiger partial charge < -0.3 is 10.1 Å². The van der Waals surface area contributed by atoms with E-state index in [1.54, 1.807) is 23.5 Å². The second-order valence-electron chi connectivity index (χ2n) is 5.93. The van der Waals surface area contributed by atoms with Gasteiger partial charge in [-0.1, -0.05) is 0 Å². The summed E-state index contributed by atoms with van der Waals surface area (Å²) in [6.07, 6.45) is 3.79. The number of carbonyl (C=O) groups is 1. The van der Waals surface area contributed by atoms with Crippen LogP contribution in [0.15, 0.2) is 11.5 Å². The van der Waals surface area contributed by atoms with Gasteiger partial charge in [-0.3, -0.25) is 9.69 Å². The van der Waals surface area contributed by atoms with Crippen LogP contribution in [0.2, 0.25) is 0 Å². The highest BCUT2D eigenvalue weighted by Gasteiger charge is 2.25. The normalized spacial score (nSPS) is 24.5. The molecule has 0 spiro atoms. The van der Waals surface area contributed by atoms with Crippen LogP contribution in [-0.2, 0) is 9.53 Å². The van der Waals surface area contributed by atoms with E-state index < -0.39 is 0 Å². The van der Waals surface area contributed by atoms with E-state index in [0.717, 1.165) is 23.8 Å². The zero-order valence-electron chi connectivity index (χ0n) is 13.7. The fourth-order valence-electron chi connectivity index (χ4n) is 2.63. The third-order valence-electron chi connectivity index (χ3n) is 3.69. The largest absolute Gasteiger partial charge is 0.373 e. The van der Waals surface area contributed by atoms with Crippen LogP contribution in [-0.4, -0.2) is 53.7 Å². The Morgan fingerprint density at radius 3 is 2.82 bits per heavy atom. The first-order valence-corrected chi connectivity index (χ1v) is 8.59. The van der Waals surface area contributed by atoms with Crippen molar-refractivity contribution in [2.24, 2.45) is 0 Å². The second kappa shape index (κ2) is 7.85. The zero-order valence-corrected chi connectivity index (χ0v) is 14.5. The van der Waals surface area contributed by atoms with Crippen LogP contribution in [0.4, 0.5) is 0 Å². The Bertz CT molecular complexity index is 519. The molecule has 0 saturated carbocycles. The van der Waals surface area contributed by atoms with Crippen molar-refractivity contribution in [2.75, 3.05) is 19.6 Å². The molecule has 1 amide bonds. The molecule has 1 aromatic rings. The number of thiazole rings is 1. The minimum Gasteiger partial charge on any atom is -0.373 e. The number of ether oxygens (including phenoxy) is 1. The maximum atomic E-state index is 11.9. The van der Waals surface area contributed by atoms with Crippen LogP contribution < -0.4 is 5.32 Å². The van der Waals surface area contributed by atoms with Crippen molar-refractivity contribution < 1.29 is 9.53 Å². The fraction of sp³-hybridized carbons (Fsp3) is 0.625. The van der Waals surface area contributed by atoms with Crippen molar-refractivity contribution in [3.05, 3.63) is 22.2 Å². The first-order valence-electron chi connectivity index (χ1n) is 7.71. The topological polar surface area (TPSA) is 54.5 Å². The van der Waals surface area contributed by atoms with Crippen molar-refractivity contribution >= 4 is 23.3 Å². The molecule has 1 fully saturated rings. The van der Waals surface area contributed by atoms with Gasteiger partial charge in [-0.2, -0.15) is 0 Å². The summed E-state index contributed by atoms with van der Waals surface area (Å²) in [5.41, 5.74) is 0.835. The van der Waals surface area contributed by atoms with Crippen LogP contribution in [0, 0.1) is 6.92 Å². The quantitative estimate of drug-likeness (QED) is 0.843. The van der Waals surface area contributed by atoms with E-state index >= 15 is 0 Å². The SMILES string of the molecule is Cc1nc(/C=C/C(=O)NC[C@H](C)N2C[C@H](C)O[C@@H](C)C2)cs1. The van der Waals surface area contributed by atoms with Gasteiger partial charge in [-0.15, -0.1) is 11.3 Å². The molecule has 1 saturated heterocycles. The Kier molecular flexibility index (Phi) is 6.11. The summed E-state index contributed by atoms with van der Waals surface area (Å²) < 4.78 is 5.74. The van der Waals surface area contributed by atoms with Crippen molar-refractivity contribution in [2.45, 2.75) is 45.9 Å². The maximum absolute atomic E-state index is 11.9. The lowest BCUT2D eigenvalue weighted by atomic mass is 10.1. The summed E-state index contributed by atoms with van der Waals surface area (Å²) in [6.45, 7) is 10.7. The van der Waals surface area contributed by atoms with E-state index in [2.05, 4.69) is 36.0 Å². The Labute approximate surface area is 136 Å². The van der Waals surface area contributed by atoms with Crippen LogP contribution in [0.25, 0.3) is 6.08 Å². The third kappa shape index (κ3) is 5.19. The van der Waals surface area contributed by atoms with E-state index in [0.29, 0.717) is 12.6 Å². The van der Waals surface area contributed by atoms with Gasteiger partial charge in [-0.25, -0.2) is 4.98 Å². The molecule has 1 aliphatic heterocycles. The first-order chi connectivity index (χ1) is 10.4. The lowest BCUT2D eigenvalue weighted by Crippen LogP contribution is -2.52. The van der Waals surface area contributed by atoms with Crippen LogP contribution >= 0.6 is 11.3 Å². The number of morpholine rings is 1. The Morgan fingerprint density at radius 2 is 2.23 bits per heavy atom. The van der Waals surface area contributed by atoms with E-state index in [1.807, 2.05) is 12.3 Å². The minimum absolute atomic E-state index is 0.0770. The molecule has 0 radical (unpaired) electrons. The van der Waals surface area contributed by atoms with Gasteiger partial charge in [0, 0.05) is 37.1 Å². The van der Waals surface area contributed by atoms with E-state index in [1.165, 1.54) is 0 Å². The highest BCUT2D eigenvalue weighted by molar-refractivity contribution is 7.09. The molecule has 2 rings (SSSR count). The lowest BCUT2D eigenvalue weighted by Gasteiger charge is -2.38. The molecule has 5 nitrogen and oxygen atoms in total. The zero-order chi connectivity index (χ0) is 16.1. The number of hydrogen-bond acceptors (Lipinski definition) is 5. The van der Waals surface area contributed by atoms with E-state index in [9.17, 15) is 4.79 Å². The van der Waals surface area contributed by atoms with Gasteiger partial charge in [0.15, 0.2) is 0 Å². The minimum atomic E-state index is -0.0770. The average molecular weight is 323 g/mol. The molecular weight excluding hydrogens is 298 g/mol. The fourth-order valence-corrected chi connectivity index (χ4v) is 3.21. The van der Waals surface area contributed by atoms with Crippen LogP contribution in [0.5, 0.6) is 0 Å². The van der Waals surface area contributed by atoms with Crippen LogP contribution in [0.1, 0.15) is 31.5 Å². The highest BCUT2D eigenvalue weighted by Crippen LogP contribution is 2.13. The Morgan fingerprint density at radius 1 is 1.55 bits per heavy atom. The molecule has 1 aliphatic rings. The summed E-state index contributed by atoms with van der Waals surface area (Å²) in [6, 6.07) is 0.299. The number of aryl methyl sites for hydroxylation is 1. The number of hydrogen-bond donors (Lipinski definition) is 1. The monoisotopic (exact) mass is 323 g/mol. The smallest absolute Gasteiger partial charge is 0.244 e. The van der Waals surface area contributed by atoms with Crippen molar-refractivity contribution in [3.63, 3.8) is 0 Å². The number of nitrogens with one attached hydrogen (secondary N) is 1. The maximum Gasteiger partial charge on any atom is 0.244 e. The number of amides is 1. The number of rotatable bonds is 5. The Balaban J connectivity index is 1.76. The van der Waals surface area contributed by atoms with Crippen molar-refractivity contribution in [1.82, 2.24) is 15.2 Å². The predicted octanol–water partition coefficient (Wildman–Crippen LogP) is 2.08. The predicted molar refractivity (Wildman–Crippen MR) is 89.9 cm³/mol. The molecule has 22 heavy (non-hydrogen) atoms. The average Bonchev–Trinajstić information content (AvgIpc) is 2.87. The van der Waals surface area contributed by atoms with E-state index in [-0.39, 0.29) is 18.1 Å². The van der Waals surface area contributed by atoms with E-state index in [4.69, 9.17) is 4.74 Å². The molecule has 0 aliphatic carbocycles. The standard InChI is InChI=1S/C16H25N3O2S/c1-11(19-8-12(2)21-13(3)9-19)7-17-16(20)6-5-15-10-22-14(4)18-15/h5-6,10-13H,7-9H2,1-4H3,(H,17,20)/b6-5+/t11-,12-,13-/m0/s1. The lowest BCUT2D eigenvalue weighted by molar-refractivity contribution is -0.117. The summed E-state index contributed by atoms with van der Waals surface area (Å²) >= 11 is 1.58. The molecule has 0 bridgehead atoms. The molecule has 2 heterocycles. The summed E-state index contributed by atoms with van der Waals surface area (Å²) in [5.74, 6) is -0.0770. The molecule has 0 aromatic carbocycles. The van der Waals surface area contributed by atoms with Gasteiger partial charge in [-0.05, 0) is 33.8 Å². The van der Waals surface area contributed by atoms with Crippen molar-refractivity contribution in [3.8, 4) is 0 Å². The molecular formula is C16H25N3O2S. The second-order valence-corrected chi connectivity index (χ2v) is 6.99. The molecule has 0 unspecified atom stereocenters. The molecule has 3 atom stereocenters. The van der Waals surface area contributed by atoms with Gasteiger partial charge in [0.2, 0.25) is 5.91 Å². The van der Waals surface area contributed by atoms with Gasteiger partial charge >= 0.3 is 0 Å². The number of carbonyl (C=O) groups excluding carboxylic acids is 1. The first kappa shape index (κ1) is 17.1. The molecule has 1 N–H and O–H groups in total. The third-order valence-corrected chi connectivity index (χ3v) is 4.48. The number of aromatic nitrogens is 1. The van der Waals surface area contributed by atoms with Crippen molar-refractivity contribution in [1.29, 1.82) is 0 Å². The molecule has 6 heteroatoms. The highest BCUT2D eigenvalue weighted by atomic mass is 32.1. The summed E-state index contributed by atoms with van der Waals surface area (Å²) in [7, 11) is 0.